The number of carbonyl (C=O) groups excluding carboxylic acids is 5. The first-order valence-corrected chi connectivity index (χ1v) is 13.4. The van der Waals surface area contributed by atoms with Crippen molar-refractivity contribution in [2.24, 2.45) is 0 Å². The van der Waals surface area contributed by atoms with Crippen molar-refractivity contribution in [3.63, 3.8) is 0 Å². The quantitative estimate of drug-likeness (QED) is 0.519. The van der Waals surface area contributed by atoms with Gasteiger partial charge in [-0.1, -0.05) is 34.6 Å². The van der Waals surface area contributed by atoms with Gasteiger partial charge in [-0.2, -0.15) is 0 Å². The van der Waals surface area contributed by atoms with E-state index in [9.17, 15) is 24.0 Å². The Morgan fingerprint density at radius 2 is 1.28 bits per heavy atom. The van der Waals surface area contributed by atoms with Gasteiger partial charge in [0.2, 0.25) is 11.8 Å². The molecule has 0 aromatic heterocycles. The molecule has 0 radical (unpaired) electrons. The highest BCUT2D eigenvalue weighted by molar-refractivity contribution is 6.28. The minimum absolute atomic E-state index is 0.000565. The van der Waals surface area contributed by atoms with Crippen LogP contribution in [0.2, 0.25) is 0 Å². The Morgan fingerprint density at radius 3 is 1.72 bits per heavy atom. The Hall–Kier alpha value is -4.07. The number of aryl methyl sites for hydroxylation is 2. The minimum Gasteiger partial charge on any atom is -0.344 e. The molecule has 204 valence electrons. The predicted molar refractivity (Wildman–Crippen MR) is 150 cm³/mol. The van der Waals surface area contributed by atoms with Gasteiger partial charge in [-0.3, -0.25) is 24.0 Å². The number of carbonyl (C=O) groups is 5. The molecule has 5 amide bonds. The second kappa shape index (κ2) is 10.6. The predicted octanol–water partition coefficient (Wildman–Crippen LogP) is 4.80. The highest BCUT2D eigenvalue weighted by Crippen LogP contribution is 2.41. The monoisotopic (exact) mass is 529 g/mol. The Kier molecular flexibility index (Phi) is 7.59. The molecule has 2 heterocycles. The van der Waals surface area contributed by atoms with Crippen molar-refractivity contribution < 1.29 is 24.0 Å². The van der Waals surface area contributed by atoms with Crippen molar-refractivity contribution in [2.45, 2.75) is 79.2 Å². The van der Waals surface area contributed by atoms with Crippen molar-refractivity contribution >= 4 is 40.9 Å². The molecule has 2 aliphatic heterocycles. The summed E-state index contributed by atoms with van der Waals surface area (Å²) in [5.74, 6) is -1.70. The van der Waals surface area contributed by atoms with Crippen LogP contribution in [0.5, 0.6) is 0 Å². The van der Waals surface area contributed by atoms with E-state index in [2.05, 4.69) is 5.32 Å². The van der Waals surface area contributed by atoms with Gasteiger partial charge in [0.1, 0.15) is 6.04 Å². The molecule has 1 atom stereocenters. The summed E-state index contributed by atoms with van der Waals surface area (Å²) in [4.78, 5) is 65.6. The average Bonchev–Trinajstić information content (AvgIpc) is 3.34. The number of nitrogens with zero attached hydrogens (tertiary/aromatic N) is 2. The van der Waals surface area contributed by atoms with Crippen LogP contribution >= 0.6 is 0 Å². The first-order chi connectivity index (χ1) is 18.3. The largest absolute Gasteiger partial charge is 0.344 e. The van der Waals surface area contributed by atoms with E-state index >= 15 is 0 Å². The molecule has 4 rings (SSSR count). The average molecular weight is 530 g/mol. The molecule has 2 aliphatic rings. The summed E-state index contributed by atoms with van der Waals surface area (Å²) >= 11 is 0. The van der Waals surface area contributed by atoms with Crippen LogP contribution in [0, 0.1) is 13.8 Å². The van der Waals surface area contributed by atoms with Gasteiger partial charge in [0, 0.05) is 18.6 Å². The molecular formula is C31H35N3O5. The van der Waals surface area contributed by atoms with E-state index in [1.54, 1.807) is 6.92 Å². The SMILES string of the molecule is CCC(=O)NC1CC(=O)N(c2c(C)cc(-c3cc(C)c(N4C(=O)C=CC4=O)c(C(C)C)c3)cc2C(C)C)C1=O. The summed E-state index contributed by atoms with van der Waals surface area (Å²) in [5, 5.41) is 2.66. The zero-order valence-electron chi connectivity index (χ0n) is 23.5. The Labute approximate surface area is 229 Å². The third-order valence-corrected chi connectivity index (χ3v) is 7.30. The summed E-state index contributed by atoms with van der Waals surface area (Å²) in [6.45, 7) is 13.5. The van der Waals surface area contributed by atoms with Crippen LogP contribution in [0.25, 0.3) is 11.1 Å². The van der Waals surface area contributed by atoms with Crippen molar-refractivity contribution in [1.82, 2.24) is 5.32 Å². The second-order valence-corrected chi connectivity index (χ2v) is 10.9. The van der Waals surface area contributed by atoms with Crippen LogP contribution in [0.15, 0.2) is 36.4 Å². The highest BCUT2D eigenvalue weighted by atomic mass is 16.2. The van der Waals surface area contributed by atoms with Crippen LogP contribution in [0.3, 0.4) is 0 Å². The number of rotatable bonds is 7. The molecule has 1 unspecified atom stereocenters. The smallest absolute Gasteiger partial charge is 0.258 e. The van der Waals surface area contributed by atoms with Crippen molar-refractivity contribution in [1.29, 1.82) is 0 Å². The van der Waals surface area contributed by atoms with Gasteiger partial charge in [-0.25, -0.2) is 9.80 Å². The molecule has 2 aromatic rings. The summed E-state index contributed by atoms with van der Waals surface area (Å²) < 4.78 is 0. The third kappa shape index (κ3) is 5.03. The van der Waals surface area contributed by atoms with Gasteiger partial charge >= 0.3 is 0 Å². The van der Waals surface area contributed by atoms with E-state index in [1.165, 1.54) is 22.0 Å². The zero-order valence-corrected chi connectivity index (χ0v) is 23.5. The fraction of sp³-hybridized carbons (Fsp3) is 0.387. The maximum Gasteiger partial charge on any atom is 0.258 e. The van der Waals surface area contributed by atoms with E-state index in [4.69, 9.17) is 0 Å². The van der Waals surface area contributed by atoms with Crippen LogP contribution < -0.4 is 15.1 Å². The topological polar surface area (TPSA) is 104 Å². The molecule has 8 heteroatoms. The molecule has 2 aromatic carbocycles. The molecule has 1 saturated heterocycles. The number of hydrogen-bond donors (Lipinski definition) is 1. The second-order valence-electron chi connectivity index (χ2n) is 10.9. The summed E-state index contributed by atoms with van der Waals surface area (Å²) in [6.07, 6.45) is 2.74. The van der Waals surface area contributed by atoms with Gasteiger partial charge in [0.15, 0.2) is 0 Å². The van der Waals surface area contributed by atoms with E-state index < -0.39 is 11.9 Å². The minimum atomic E-state index is -0.863. The lowest BCUT2D eigenvalue weighted by atomic mass is 9.88. The maximum absolute atomic E-state index is 13.3. The number of amides is 5. The van der Waals surface area contributed by atoms with Crippen LogP contribution in [0.1, 0.15) is 81.5 Å². The number of benzene rings is 2. The lowest BCUT2D eigenvalue weighted by Gasteiger charge is -2.26. The molecule has 0 bridgehead atoms. The molecule has 1 fully saturated rings. The fourth-order valence-corrected chi connectivity index (χ4v) is 5.33. The molecule has 0 spiro atoms. The Morgan fingerprint density at radius 1 is 0.821 bits per heavy atom. The molecular weight excluding hydrogens is 494 g/mol. The first-order valence-electron chi connectivity index (χ1n) is 13.4. The molecule has 8 nitrogen and oxygen atoms in total. The number of imide groups is 2. The molecule has 39 heavy (non-hydrogen) atoms. The third-order valence-electron chi connectivity index (χ3n) is 7.30. The highest BCUT2D eigenvalue weighted by Gasteiger charge is 2.42. The molecule has 0 aliphatic carbocycles. The van der Waals surface area contributed by atoms with E-state index in [0.29, 0.717) is 11.4 Å². The number of anilines is 2. The van der Waals surface area contributed by atoms with Gasteiger partial charge in [0.05, 0.1) is 17.8 Å². The van der Waals surface area contributed by atoms with Crippen molar-refractivity contribution in [3.05, 3.63) is 58.7 Å². The summed E-state index contributed by atoms with van der Waals surface area (Å²) in [5.41, 5.74) is 6.28. The fourth-order valence-electron chi connectivity index (χ4n) is 5.33. The number of hydrogen-bond acceptors (Lipinski definition) is 5. The Balaban J connectivity index is 1.81. The standard InChI is InChI=1S/C31H35N3O5/c1-8-25(35)32-24-15-28(38)34(31(24)39)30-19(7)12-21(14-23(30)17(4)5)20-11-18(6)29(22(13-20)16(2)3)33-26(36)9-10-27(33)37/h9-14,16-17,24H,8,15H2,1-7H3,(H,32,35). The summed E-state index contributed by atoms with van der Waals surface area (Å²) in [7, 11) is 0. The van der Waals surface area contributed by atoms with Crippen LogP contribution in [0.4, 0.5) is 11.4 Å². The van der Waals surface area contributed by atoms with E-state index in [-0.39, 0.29) is 48.3 Å². The maximum atomic E-state index is 13.3. The van der Waals surface area contributed by atoms with Crippen LogP contribution in [-0.2, 0) is 24.0 Å². The van der Waals surface area contributed by atoms with Crippen molar-refractivity contribution in [2.75, 3.05) is 9.80 Å². The van der Waals surface area contributed by atoms with Crippen LogP contribution in [-0.4, -0.2) is 35.6 Å². The summed E-state index contributed by atoms with van der Waals surface area (Å²) in [6, 6.07) is 7.05. The Bertz CT molecular complexity index is 1420. The van der Waals surface area contributed by atoms with E-state index in [0.717, 1.165) is 33.4 Å². The first kappa shape index (κ1) is 28.0. The van der Waals surface area contributed by atoms with Gasteiger partial charge < -0.3 is 5.32 Å². The van der Waals surface area contributed by atoms with Gasteiger partial charge in [-0.05, 0) is 83.3 Å². The lowest BCUT2D eigenvalue weighted by Crippen LogP contribution is -2.42. The zero-order chi connectivity index (χ0) is 28.8. The molecule has 0 saturated carbocycles. The molecule has 1 N–H and O–H groups in total. The number of nitrogens with one attached hydrogen (secondary N) is 1. The van der Waals surface area contributed by atoms with E-state index in [1.807, 2.05) is 65.8 Å². The normalized spacial score (nSPS) is 17.4. The van der Waals surface area contributed by atoms with Crippen molar-refractivity contribution in [3.8, 4) is 11.1 Å². The van der Waals surface area contributed by atoms with Gasteiger partial charge in [0.25, 0.3) is 17.7 Å². The van der Waals surface area contributed by atoms with Gasteiger partial charge in [-0.15, -0.1) is 0 Å². The lowest BCUT2D eigenvalue weighted by molar-refractivity contribution is -0.126.